The van der Waals surface area contributed by atoms with Crippen LogP contribution >= 0.6 is 0 Å². The smallest absolute Gasteiger partial charge is 0.164 e. The summed E-state index contributed by atoms with van der Waals surface area (Å²) in [5.41, 5.74) is -0.382. The van der Waals surface area contributed by atoms with E-state index in [9.17, 15) is 4.79 Å². The Hall–Kier alpha value is -0.810. The lowest BCUT2D eigenvalue weighted by Crippen LogP contribution is -2.49. The van der Waals surface area contributed by atoms with Crippen LogP contribution in [0.25, 0.3) is 0 Å². The summed E-state index contributed by atoms with van der Waals surface area (Å²) in [4.78, 5) is 14.0. The second-order valence-corrected chi connectivity index (χ2v) is 3.76. The number of Topliss-reactive ketones (excluding diaryl/α,β-unsaturated/α-hetero) is 1. The standard InChI is InChI=1S/C12H21NO/c1-6-9-10-11(14)12(4,5)13(7-2)8-3/h7-8,10H2,1-5H3. The molecule has 0 amide bonds. The quantitative estimate of drug-likeness (QED) is 0.626. The van der Waals surface area contributed by atoms with Crippen LogP contribution in [0.3, 0.4) is 0 Å². The highest BCUT2D eigenvalue weighted by Crippen LogP contribution is 2.16. The Morgan fingerprint density at radius 3 is 2.14 bits per heavy atom. The average Bonchev–Trinajstić information content (AvgIpc) is 2.15. The molecule has 0 aromatic heterocycles. The van der Waals surface area contributed by atoms with E-state index in [-0.39, 0.29) is 11.3 Å². The minimum Gasteiger partial charge on any atom is -0.297 e. The molecule has 0 rings (SSSR count). The predicted molar refractivity (Wildman–Crippen MR) is 60.1 cm³/mol. The third kappa shape index (κ3) is 3.16. The number of nitrogens with zero attached hydrogens (tertiary/aromatic N) is 1. The Labute approximate surface area is 87.7 Å². The van der Waals surface area contributed by atoms with Crippen molar-refractivity contribution in [1.82, 2.24) is 4.90 Å². The van der Waals surface area contributed by atoms with Crippen LogP contribution in [0, 0.1) is 11.8 Å². The van der Waals surface area contributed by atoms with Gasteiger partial charge in [-0.3, -0.25) is 9.69 Å². The Bertz CT molecular complexity index is 241. The first-order chi connectivity index (χ1) is 6.50. The van der Waals surface area contributed by atoms with Crippen molar-refractivity contribution in [3.05, 3.63) is 0 Å². The third-order valence-corrected chi connectivity index (χ3v) is 2.66. The Morgan fingerprint density at radius 1 is 1.29 bits per heavy atom. The van der Waals surface area contributed by atoms with Crippen molar-refractivity contribution in [2.75, 3.05) is 13.1 Å². The predicted octanol–water partition coefficient (Wildman–Crippen LogP) is 2.09. The fourth-order valence-electron chi connectivity index (χ4n) is 1.58. The van der Waals surface area contributed by atoms with Crippen LogP contribution in [0.15, 0.2) is 0 Å². The number of rotatable bonds is 5. The fraction of sp³-hybridized carbons (Fsp3) is 0.750. The van der Waals surface area contributed by atoms with E-state index in [1.807, 2.05) is 13.8 Å². The zero-order valence-corrected chi connectivity index (χ0v) is 9.98. The summed E-state index contributed by atoms with van der Waals surface area (Å²) in [6.07, 6.45) is 0.361. The van der Waals surface area contributed by atoms with Gasteiger partial charge in [0.1, 0.15) is 0 Å². The highest BCUT2D eigenvalue weighted by molar-refractivity contribution is 5.89. The Kier molecular flexibility index (Phi) is 5.49. The van der Waals surface area contributed by atoms with E-state index >= 15 is 0 Å². The maximum Gasteiger partial charge on any atom is 0.164 e. The van der Waals surface area contributed by atoms with Crippen LogP contribution in [0.5, 0.6) is 0 Å². The minimum atomic E-state index is -0.382. The first-order valence-corrected chi connectivity index (χ1v) is 5.18. The first-order valence-electron chi connectivity index (χ1n) is 5.18. The van der Waals surface area contributed by atoms with Gasteiger partial charge in [0.15, 0.2) is 5.78 Å². The van der Waals surface area contributed by atoms with Crippen LogP contribution < -0.4 is 0 Å². The summed E-state index contributed by atoms with van der Waals surface area (Å²) < 4.78 is 0. The molecule has 0 saturated heterocycles. The van der Waals surface area contributed by atoms with E-state index < -0.39 is 0 Å². The SMILES string of the molecule is CC#CCC(=O)C(C)(C)N(CC)CC. The van der Waals surface area contributed by atoms with Crippen LogP contribution in [-0.4, -0.2) is 29.3 Å². The molecule has 0 atom stereocenters. The monoisotopic (exact) mass is 195 g/mol. The zero-order valence-electron chi connectivity index (χ0n) is 9.98. The third-order valence-electron chi connectivity index (χ3n) is 2.66. The lowest BCUT2D eigenvalue weighted by molar-refractivity contribution is -0.128. The van der Waals surface area contributed by atoms with Crippen LogP contribution in [0.1, 0.15) is 41.0 Å². The lowest BCUT2D eigenvalue weighted by Gasteiger charge is -2.35. The van der Waals surface area contributed by atoms with Crippen molar-refractivity contribution in [3.63, 3.8) is 0 Å². The van der Waals surface area contributed by atoms with Gasteiger partial charge in [0.2, 0.25) is 0 Å². The molecule has 0 aliphatic heterocycles. The molecule has 0 aliphatic carbocycles. The van der Waals surface area contributed by atoms with E-state index in [2.05, 4.69) is 30.6 Å². The van der Waals surface area contributed by atoms with Crippen molar-refractivity contribution >= 4 is 5.78 Å². The topological polar surface area (TPSA) is 20.3 Å². The summed E-state index contributed by atoms with van der Waals surface area (Å²) >= 11 is 0. The van der Waals surface area contributed by atoms with Crippen molar-refractivity contribution in [2.45, 2.75) is 46.6 Å². The van der Waals surface area contributed by atoms with Gasteiger partial charge < -0.3 is 0 Å². The van der Waals surface area contributed by atoms with Gasteiger partial charge >= 0.3 is 0 Å². The molecule has 2 heteroatoms. The Balaban J connectivity index is 4.54. The zero-order chi connectivity index (χ0) is 11.2. The van der Waals surface area contributed by atoms with E-state index in [4.69, 9.17) is 0 Å². The van der Waals surface area contributed by atoms with Crippen LogP contribution in [0.4, 0.5) is 0 Å². The lowest BCUT2D eigenvalue weighted by atomic mass is 9.94. The van der Waals surface area contributed by atoms with E-state index in [0.29, 0.717) is 6.42 Å². The second kappa shape index (κ2) is 5.82. The molecule has 0 radical (unpaired) electrons. The van der Waals surface area contributed by atoms with Gasteiger partial charge in [-0.1, -0.05) is 19.8 Å². The van der Waals surface area contributed by atoms with Crippen molar-refractivity contribution < 1.29 is 4.79 Å². The Morgan fingerprint density at radius 2 is 1.79 bits per heavy atom. The van der Waals surface area contributed by atoms with Gasteiger partial charge in [0.25, 0.3) is 0 Å². The maximum atomic E-state index is 11.8. The van der Waals surface area contributed by atoms with Gasteiger partial charge in [-0.25, -0.2) is 0 Å². The largest absolute Gasteiger partial charge is 0.297 e. The molecule has 0 heterocycles. The van der Waals surface area contributed by atoms with Crippen LogP contribution in [0.2, 0.25) is 0 Å². The fourth-order valence-corrected chi connectivity index (χ4v) is 1.58. The highest BCUT2D eigenvalue weighted by atomic mass is 16.1. The first kappa shape index (κ1) is 13.2. The van der Waals surface area contributed by atoms with E-state index in [0.717, 1.165) is 13.1 Å². The molecular weight excluding hydrogens is 174 g/mol. The highest BCUT2D eigenvalue weighted by Gasteiger charge is 2.31. The van der Waals surface area contributed by atoms with Crippen molar-refractivity contribution in [2.24, 2.45) is 0 Å². The molecule has 80 valence electrons. The second-order valence-electron chi connectivity index (χ2n) is 3.76. The molecule has 2 nitrogen and oxygen atoms in total. The molecule has 0 aromatic carbocycles. The average molecular weight is 195 g/mol. The van der Waals surface area contributed by atoms with E-state index in [1.165, 1.54) is 0 Å². The molecular formula is C12H21NO. The summed E-state index contributed by atoms with van der Waals surface area (Å²) in [7, 11) is 0. The molecule has 0 N–H and O–H groups in total. The number of likely N-dealkylation sites (N-methyl/N-ethyl adjacent to an activating group) is 1. The van der Waals surface area contributed by atoms with Gasteiger partial charge in [0, 0.05) is 0 Å². The van der Waals surface area contributed by atoms with Crippen molar-refractivity contribution in [3.8, 4) is 11.8 Å². The summed E-state index contributed by atoms with van der Waals surface area (Å²) in [6.45, 7) is 11.6. The van der Waals surface area contributed by atoms with E-state index in [1.54, 1.807) is 6.92 Å². The van der Waals surface area contributed by atoms with Gasteiger partial charge in [-0.15, -0.1) is 5.92 Å². The van der Waals surface area contributed by atoms with Crippen molar-refractivity contribution in [1.29, 1.82) is 0 Å². The number of ketones is 1. The number of hydrogen-bond acceptors (Lipinski definition) is 2. The minimum absolute atomic E-state index is 0.204. The summed E-state index contributed by atoms with van der Waals surface area (Å²) in [5, 5.41) is 0. The number of carbonyl (C=O) groups excluding carboxylic acids is 1. The normalized spacial score (nSPS) is 11.0. The van der Waals surface area contributed by atoms with Crippen LogP contribution in [-0.2, 0) is 4.79 Å². The van der Waals surface area contributed by atoms with Gasteiger partial charge in [-0.05, 0) is 33.9 Å². The van der Waals surface area contributed by atoms with Gasteiger partial charge in [0.05, 0.1) is 12.0 Å². The maximum absolute atomic E-state index is 11.8. The molecule has 0 bridgehead atoms. The number of carbonyl (C=O) groups is 1. The molecule has 0 spiro atoms. The molecule has 0 saturated carbocycles. The molecule has 0 unspecified atom stereocenters. The molecule has 14 heavy (non-hydrogen) atoms. The molecule has 0 aromatic rings. The summed E-state index contributed by atoms with van der Waals surface area (Å²) in [5.74, 6) is 5.79. The van der Waals surface area contributed by atoms with Gasteiger partial charge in [-0.2, -0.15) is 0 Å². The molecule has 0 fully saturated rings. The molecule has 0 aliphatic rings. The number of hydrogen-bond donors (Lipinski definition) is 0. The summed E-state index contributed by atoms with van der Waals surface area (Å²) in [6, 6.07) is 0.